The van der Waals surface area contributed by atoms with Gasteiger partial charge in [0.05, 0.1) is 11.3 Å². The summed E-state index contributed by atoms with van der Waals surface area (Å²) in [6.07, 6.45) is 2.57. The first-order chi connectivity index (χ1) is 9.09. The molecule has 2 heterocycles. The molecule has 1 fully saturated rings. The number of imide groups is 1. The van der Waals surface area contributed by atoms with Gasteiger partial charge in [-0.25, -0.2) is 9.78 Å². The number of rotatable bonds is 4. The molecule has 1 aromatic rings. The molecule has 1 saturated heterocycles. The molecule has 7 heteroatoms. The second-order valence-electron chi connectivity index (χ2n) is 3.99. The van der Waals surface area contributed by atoms with E-state index in [-0.39, 0.29) is 28.2 Å². The third-order valence-corrected chi connectivity index (χ3v) is 3.70. The first-order valence-corrected chi connectivity index (χ1v) is 6.72. The van der Waals surface area contributed by atoms with E-state index in [0.29, 0.717) is 19.4 Å². The highest BCUT2D eigenvalue weighted by molar-refractivity contribution is 8.00. The topological polar surface area (TPSA) is 87.6 Å². The molecule has 100 valence electrons. The zero-order valence-electron chi connectivity index (χ0n) is 10.0. The molecule has 0 aromatic carbocycles. The largest absolute Gasteiger partial charge is 0.478 e. The third-order valence-electron chi connectivity index (χ3n) is 2.71. The van der Waals surface area contributed by atoms with Gasteiger partial charge in [-0.2, -0.15) is 0 Å². The van der Waals surface area contributed by atoms with Gasteiger partial charge < -0.3 is 5.11 Å². The fraction of sp³-hybridized carbons (Fsp3) is 0.333. The van der Waals surface area contributed by atoms with E-state index in [1.807, 2.05) is 0 Å². The van der Waals surface area contributed by atoms with Crippen LogP contribution in [0.15, 0.2) is 23.4 Å². The van der Waals surface area contributed by atoms with E-state index < -0.39 is 5.97 Å². The van der Waals surface area contributed by atoms with E-state index >= 15 is 0 Å². The summed E-state index contributed by atoms with van der Waals surface area (Å²) in [5, 5.41) is 9.27. The zero-order valence-corrected chi connectivity index (χ0v) is 10.9. The summed E-state index contributed by atoms with van der Waals surface area (Å²) >= 11 is 1.04. The zero-order chi connectivity index (χ0) is 13.8. The first-order valence-electron chi connectivity index (χ1n) is 5.74. The fourth-order valence-corrected chi connectivity index (χ4v) is 2.65. The van der Waals surface area contributed by atoms with Gasteiger partial charge in [-0.05, 0) is 18.6 Å². The second kappa shape index (κ2) is 5.83. The Balaban J connectivity index is 2.01. The SMILES string of the molecule is O=C(O)c1cccnc1SCC(=O)N1CCCC1=O. The molecule has 0 atom stereocenters. The van der Waals surface area contributed by atoms with E-state index in [1.54, 1.807) is 0 Å². The number of aromatic carboxylic acids is 1. The van der Waals surface area contributed by atoms with Crippen LogP contribution in [0.25, 0.3) is 0 Å². The monoisotopic (exact) mass is 280 g/mol. The normalized spacial score (nSPS) is 14.7. The van der Waals surface area contributed by atoms with Crippen molar-refractivity contribution in [2.24, 2.45) is 0 Å². The fourth-order valence-electron chi connectivity index (χ4n) is 1.79. The maximum atomic E-state index is 11.8. The Morgan fingerprint density at radius 1 is 1.47 bits per heavy atom. The quantitative estimate of drug-likeness (QED) is 0.828. The number of pyridine rings is 1. The van der Waals surface area contributed by atoms with Crippen molar-refractivity contribution in [1.82, 2.24) is 9.88 Å². The molecular weight excluding hydrogens is 268 g/mol. The van der Waals surface area contributed by atoms with Crippen LogP contribution in [0.4, 0.5) is 0 Å². The van der Waals surface area contributed by atoms with Crippen LogP contribution in [0.2, 0.25) is 0 Å². The summed E-state index contributed by atoms with van der Waals surface area (Å²) in [5.41, 5.74) is 0.0630. The molecule has 2 rings (SSSR count). The van der Waals surface area contributed by atoms with Crippen LogP contribution in [0, 0.1) is 0 Å². The highest BCUT2D eigenvalue weighted by atomic mass is 32.2. The van der Waals surface area contributed by atoms with E-state index in [0.717, 1.165) is 11.8 Å². The summed E-state index contributed by atoms with van der Waals surface area (Å²) < 4.78 is 0. The number of carboxylic acid groups (broad SMARTS) is 1. The lowest BCUT2D eigenvalue weighted by Gasteiger charge is -2.13. The number of amides is 2. The summed E-state index contributed by atoms with van der Waals surface area (Å²) in [5.74, 6) is -1.52. The van der Waals surface area contributed by atoms with Gasteiger partial charge in [0.2, 0.25) is 11.8 Å². The number of carboxylic acids is 1. The number of carbonyl (C=O) groups is 3. The van der Waals surface area contributed by atoms with Crippen LogP contribution in [-0.4, -0.2) is 45.1 Å². The number of carbonyl (C=O) groups excluding carboxylic acids is 2. The van der Waals surface area contributed by atoms with E-state index in [2.05, 4.69) is 4.98 Å². The van der Waals surface area contributed by atoms with E-state index in [9.17, 15) is 14.4 Å². The van der Waals surface area contributed by atoms with Crippen LogP contribution in [0.1, 0.15) is 23.2 Å². The van der Waals surface area contributed by atoms with Gasteiger partial charge in [-0.15, -0.1) is 0 Å². The predicted octanol–water partition coefficient (Wildman–Crippen LogP) is 1.02. The minimum atomic E-state index is -1.08. The summed E-state index contributed by atoms with van der Waals surface area (Å²) in [4.78, 5) is 39.3. The Kier molecular flexibility index (Phi) is 4.16. The average Bonchev–Trinajstić information content (AvgIpc) is 2.82. The molecule has 6 nitrogen and oxygen atoms in total. The molecular formula is C12H12N2O4S. The van der Waals surface area contributed by atoms with Gasteiger partial charge in [-0.1, -0.05) is 11.8 Å². The summed E-state index contributed by atoms with van der Waals surface area (Å²) in [6.45, 7) is 0.451. The van der Waals surface area contributed by atoms with Crippen molar-refractivity contribution in [1.29, 1.82) is 0 Å². The number of thioether (sulfide) groups is 1. The van der Waals surface area contributed by atoms with E-state index in [1.165, 1.54) is 23.2 Å². The van der Waals surface area contributed by atoms with Gasteiger partial charge in [0, 0.05) is 19.2 Å². The highest BCUT2D eigenvalue weighted by Crippen LogP contribution is 2.21. The standard InChI is InChI=1S/C12H12N2O4S/c15-9-4-2-6-14(9)10(16)7-19-11-8(12(17)18)3-1-5-13-11/h1,3,5H,2,4,6-7H2,(H,17,18). The third kappa shape index (κ3) is 3.11. The molecule has 1 aliphatic rings. The van der Waals surface area contributed by atoms with Gasteiger partial charge in [-0.3, -0.25) is 14.5 Å². The number of hydrogen-bond donors (Lipinski definition) is 1. The van der Waals surface area contributed by atoms with Crippen LogP contribution in [-0.2, 0) is 9.59 Å². The molecule has 1 aromatic heterocycles. The molecule has 0 radical (unpaired) electrons. The van der Waals surface area contributed by atoms with Gasteiger partial charge in [0.15, 0.2) is 0 Å². The Morgan fingerprint density at radius 2 is 2.26 bits per heavy atom. The predicted molar refractivity (Wildman–Crippen MR) is 67.9 cm³/mol. The first kappa shape index (κ1) is 13.5. The van der Waals surface area contributed by atoms with Crippen molar-refractivity contribution in [3.63, 3.8) is 0 Å². The molecule has 0 bridgehead atoms. The number of aromatic nitrogens is 1. The molecule has 0 unspecified atom stereocenters. The number of nitrogens with zero attached hydrogens (tertiary/aromatic N) is 2. The number of hydrogen-bond acceptors (Lipinski definition) is 5. The van der Waals surface area contributed by atoms with Crippen molar-refractivity contribution < 1.29 is 19.5 Å². The second-order valence-corrected chi connectivity index (χ2v) is 4.96. The van der Waals surface area contributed by atoms with Crippen molar-refractivity contribution >= 4 is 29.5 Å². The molecule has 0 saturated carbocycles. The molecule has 19 heavy (non-hydrogen) atoms. The highest BCUT2D eigenvalue weighted by Gasteiger charge is 2.26. The molecule has 1 aliphatic heterocycles. The Labute approximate surface area is 113 Å². The van der Waals surface area contributed by atoms with Gasteiger partial charge >= 0.3 is 5.97 Å². The molecule has 2 amide bonds. The van der Waals surface area contributed by atoms with E-state index in [4.69, 9.17) is 5.11 Å². The van der Waals surface area contributed by atoms with Crippen LogP contribution < -0.4 is 0 Å². The molecule has 0 spiro atoms. The lowest BCUT2D eigenvalue weighted by atomic mass is 10.3. The molecule has 1 N–H and O–H groups in total. The van der Waals surface area contributed by atoms with Gasteiger partial charge in [0.1, 0.15) is 5.03 Å². The lowest BCUT2D eigenvalue weighted by molar-refractivity contribution is -0.140. The smallest absolute Gasteiger partial charge is 0.338 e. The number of likely N-dealkylation sites (tertiary alicyclic amines) is 1. The van der Waals surface area contributed by atoms with Crippen LogP contribution >= 0.6 is 11.8 Å². The van der Waals surface area contributed by atoms with Crippen molar-refractivity contribution in [3.8, 4) is 0 Å². The maximum Gasteiger partial charge on any atom is 0.338 e. The van der Waals surface area contributed by atoms with Gasteiger partial charge in [0.25, 0.3) is 0 Å². The average molecular weight is 280 g/mol. The minimum absolute atomic E-state index is 0.0169. The Morgan fingerprint density at radius 3 is 2.89 bits per heavy atom. The minimum Gasteiger partial charge on any atom is -0.478 e. The summed E-state index contributed by atoms with van der Waals surface area (Å²) in [6, 6.07) is 2.96. The lowest BCUT2D eigenvalue weighted by Crippen LogP contribution is -2.33. The maximum absolute atomic E-state index is 11.8. The molecule has 0 aliphatic carbocycles. The van der Waals surface area contributed by atoms with Crippen LogP contribution in [0.3, 0.4) is 0 Å². The van der Waals surface area contributed by atoms with Crippen molar-refractivity contribution in [2.45, 2.75) is 17.9 Å². The van der Waals surface area contributed by atoms with Crippen LogP contribution in [0.5, 0.6) is 0 Å². The Bertz CT molecular complexity index is 532. The van der Waals surface area contributed by atoms with Crippen molar-refractivity contribution in [3.05, 3.63) is 23.9 Å². The van der Waals surface area contributed by atoms with Crippen molar-refractivity contribution in [2.75, 3.05) is 12.3 Å². The Hall–Kier alpha value is -1.89. The summed E-state index contributed by atoms with van der Waals surface area (Å²) in [7, 11) is 0.